The van der Waals surface area contributed by atoms with Crippen LogP contribution in [0.4, 0.5) is 18.9 Å². The summed E-state index contributed by atoms with van der Waals surface area (Å²) >= 11 is 6.22. The normalized spacial score (nSPS) is 14.1. The Labute approximate surface area is 213 Å². The van der Waals surface area contributed by atoms with Crippen molar-refractivity contribution in [2.24, 2.45) is 0 Å². The zero-order valence-corrected chi connectivity index (χ0v) is 20.6. The van der Waals surface area contributed by atoms with Crippen LogP contribution in [-0.4, -0.2) is 36.7 Å². The predicted octanol–water partition coefficient (Wildman–Crippen LogP) is 4.10. The summed E-state index contributed by atoms with van der Waals surface area (Å²) in [6.45, 7) is 3.12. The van der Waals surface area contributed by atoms with E-state index in [-0.39, 0.29) is 21.8 Å². The number of carbonyl (C=O) groups is 2. The van der Waals surface area contributed by atoms with E-state index in [9.17, 15) is 36.4 Å². The third kappa shape index (κ3) is 4.91. The third-order valence-corrected chi connectivity index (χ3v) is 7.35. The van der Waals surface area contributed by atoms with Gasteiger partial charge in [-0.25, -0.2) is 8.42 Å². The molecule has 194 valence electrons. The Kier molecular flexibility index (Phi) is 6.32. The Morgan fingerprint density at radius 3 is 2.22 bits per heavy atom. The van der Waals surface area contributed by atoms with Crippen molar-refractivity contribution in [3.8, 4) is 5.75 Å². The Morgan fingerprint density at radius 1 is 1.00 bits per heavy atom. The third-order valence-electron chi connectivity index (χ3n) is 5.65. The molecule has 0 saturated heterocycles. The smallest absolute Gasteiger partial charge is 0.406 e. The number of nitrogens with one attached hydrogen (secondary N) is 1. The van der Waals surface area contributed by atoms with E-state index in [1.54, 1.807) is 19.9 Å². The molecular formula is C23H18ClF3N3O6S+. The van der Waals surface area contributed by atoms with Gasteiger partial charge in [0.05, 0.1) is 32.3 Å². The van der Waals surface area contributed by atoms with Gasteiger partial charge >= 0.3 is 6.36 Å². The Hall–Kier alpha value is -3.84. The lowest BCUT2D eigenvalue weighted by Gasteiger charge is -2.33. The first-order valence-corrected chi connectivity index (χ1v) is 12.3. The van der Waals surface area contributed by atoms with Crippen molar-refractivity contribution in [2.45, 2.75) is 30.6 Å². The van der Waals surface area contributed by atoms with E-state index in [1.807, 2.05) is 0 Å². The van der Waals surface area contributed by atoms with E-state index in [1.165, 1.54) is 30.6 Å². The van der Waals surface area contributed by atoms with Crippen LogP contribution >= 0.6 is 11.6 Å². The summed E-state index contributed by atoms with van der Waals surface area (Å²) < 4.78 is 69.8. The van der Waals surface area contributed by atoms with Gasteiger partial charge in [0.25, 0.3) is 21.8 Å². The minimum absolute atomic E-state index is 0.0893. The standard InChI is InChI=1S/C23H17ClF3N3O6S/c1-22(2,13-4-3-11-29(33)12-13)30-20(31)18-16(24)9-10-17(19(18)21(30)32)28-37(34,35)15-7-5-14(6-8-15)36-23(25,26)27/h3-12H,1-2H3,(H-,28,32,33)/p+1. The topological polar surface area (TPSA) is 117 Å². The zero-order chi connectivity index (χ0) is 27.3. The number of fused-ring (bicyclic) bond motifs is 1. The Bertz CT molecular complexity index is 1530. The number of sulfonamides is 1. The maximum Gasteiger partial charge on any atom is 0.573 e. The van der Waals surface area contributed by atoms with Crippen LogP contribution in [0.5, 0.6) is 5.75 Å². The summed E-state index contributed by atoms with van der Waals surface area (Å²) in [5.74, 6) is -2.24. The molecule has 4 rings (SSSR count). The molecule has 2 amide bonds. The molecule has 2 aromatic carbocycles. The number of alkyl halides is 3. The van der Waals surface area contributed by atoms with Crippen LogP contribution in [0.15, 0.2) is 65.8 Å². The van der Waals surface area contributed by atoms with Crippen molar-refractivity contribution >= 4 is 39.1 Å². The average molecular weight is 557 g/mol. The van der Waals surface area contributed by atoms with Gasteiger partial charge in [-0.2, -0.15) is 0 Å². The summed E-state index contributed by atoms with van der Waals surface area (Å²) in [5.41, 5.74) is -1.66. The van der Waals surface area contributed by atoms with Crippen molar-refractivity contribution in [1.82, 2.24) is 4.90 Å². The average Bonchev–Trinajstić information content (AvgIpc) is 3.06. The number of ether oxygens (including phenoxy) is 1. The van der Waals surface area contributed by atoms with Crippen LogP contribution in [-0.2, 0) is 15.6 Å². The van der Waals surface area contributed by atoms with Gasteiger partial charge in [-0.1, -0.05) is 11.6 Å². The number of halogens is 4. The number of hydrogen-bond donors (Lipinski definition) is 2. The SMILES string of the molecule is CC(C)(c1ccc[n+](O)c1)N1C(=O)c2c(Cl)ccc(NS(=O)(=O)c3ccc(OC(F)(F)F)cc3)c2C1=O. The van der Waals surface area contributed by atoms with E-state index in [4.69, 9.17) is 11.6 Å². The van der Waals surface area contributed by atoms with Gasteiger partial charge in [-0.15, -0.1) is 13.2 Å². The van der Waals surface area contributed by atoms with E-state index >= 15 is 0 Å². The first kappa shape index (κ1) is 26.2. The maximum absolute atomic E-state index is 13.5. The van der Waals surface area contributed by atoms with Gasteiger partial charge in [0.2, 0.25) is 12.4 Å². The number of carbonyl (C=O) groups excluding carboxylic acids is 2. The summed E-state index contributed by atoms with van der Waals surface area (Å²) in [4.78, 5) is 27.3. The first-order chi connectivity index (χ1) is 17.1. The van der Waals surface area contributed by atoms with Crippen LogP contribution in [0, 0.1) is 0 Å². The fourth-order valence-electron chi connectivity index (χ4n) is 3.90. The van der Waals surface area contributed by atoms with E-state index < -0.39 is 44.4 Å². The molecule has 0 unspecified atom stereocenters. The molecule has 0 saturated carbocycles. The van der Waals surface area contributed by atoms with Crippen molar-refractivity contribution in [3.05, 3.63) is 82.6 Å². The molecule has 0 atom stereocenters. The highest BCUT2D eigenvalue weighted by Gasteiger charge is 2.48. The molecule has 1 aromatic heterocycles. The lowest BCUT2D eigenvalue weighted by atomic mass is 9.93. The van der Waals surface area contributed by atoms with E-state index in [2.05, 4.69) is 9.46 Å². The van der Waals surface area contributed by atoms with Gasteiger partial charge in [0.1, 0.15) is 5.75 Å². The van der Waals surface area contributed by atoms with Crippen LogP contribution in [0.2, 0.25) is 5.02 Å². The molecule has 3 aromatic rings. The van der Waals surface area contributed by atoms with E-state index in [0.29, 0.717) is 5.56 Å². The van der Waals surface area contributed by atoms with Gasteiger partial charge in [0, 0.05) is 16.4 Å². The highest BCUT2D eigenvalue weighted by atomic mass is 35.5. The van der Waals surface area contributed by atoms with Crippen molar-refractivity contribution in [1.29, 1.82) is 0 Å². The number of benzene rings is 2. The first-order valence-electron chi connectivity index (χ1n) is 10.4. The number of pyridine rings is 1. The summed E-state index contributed by atoms with van der Waals surface area (Å²) in [5, 5.41) is 9.70. The second kappa shape index (κ2) is 8.92. The van der Waals surface area contributed by atoms with Crippen LogP contribution in [0.1, 0.15) is 40.1 Å². The molecule has 1 aliphatic rings. The number of hydrogen-bond acceptors (Lipinski definition) is 6. The van der Waals surface area contributed by atoms with Gasteiger partial charge < -0.3 is 4.74 Å². The van der Waals surface area contributed by atoms with Gasteiger partial charge in [0.15, 0.2) is 0 Å². The molecule has 2 N–H and O–H groups in total. The van der Waals surface area contributed by atoms with Crippen LogP contribution < -0.4 is 14.2 Å². The van der Waals surface area contributed by atoms with Gasteiger partial charge in [-0.3, -0.25) is 24.4 Å². The highest BCUT2D eigenvalue weighted by Crippen LogP contribution is 2.41. The Balaban J connectivity index is 1.71. The maximum atomic E-state index is 13.5. The summed E-state index contributed by atoms with van der Waals surface area (Å²) in [6.07, 6.45) is -2.30. The van der Waals surface area contributed by atoms with Crippen LogP contribution in [0.25, 0.3) is 0 Å². The second-order valence-electron chi connectivity index (χ2n) is 8.45. The molecule has 2 heterocycles. The fourth-order valence-corrected chi connectivity index (χ4v) is 5.21. The molecule has 0 spiro atoms. The number of anilines is 1. The molecule has 1 aliphatic heterocycles. The molecule has 14 heteroatoms. The zero-order valence-electron chi connectivity index (χ0n) is 19.1. The molecule has 0 aliphatic carbocycles. The monoisotopic (exact) mass is 556 g/mol. The van der Waals surface area contributed by atoms with Crippen molar-refractivity contribution < 1.29 is 45.9 Å². The van der Waals surface area contributed by atoms with E-state index in [0.717, 1.165) is 33.9 Å². The molecule has 0 fully saturated rings. The molecule has 37 heavy (non-hydrogen) atoms. The number of rotatable bonds is 6. The van der Waals surface area contributed by atoms with Crippen molar-refractivity contribution in [2.75, 3.05) is 4.72 Å². The summed E-state index contributed by atoms with van der Waals surface area (Å²) in [7, 11) is -4.41. The fraction of sp³-hybridized carbons (Fsp3) is 0.174. The number of aromatic nitrogens is 1. The number of imide groups is 1. The quantitative estimate of drug-likeness (QED) is 0.268. The van der Waals surface area contributed by atoms with Gasteiger partial charge in [-0.05, 0) is 56.3 Å². The molecule has 0 radical (unpaired) electrons. The molecule has 9 nitrogen and oxygen atoms in total. The lowest BCUT2D eigenvalue weighted by molar-refractivity contribution is -0.905. The predicted molar refractivity (Wildman–Crippen MR) is 123 cm³/mol. The molecule has 0 bridgehead atoms. The van der Waals surface area contributed by atoms with Crippen molar-refractivity contribution in [3.63, 3.8) is 0 Å². The molecular weight excluding hydrogens is 539 g/mol. The minimum atomic E-state index is -4.95. The van der Waals surface area contributed by atoms with Crippen LogP contribution in [0.3, 0.4) is 0 Å². The largest absolute Gasteiger partial charge is 0.573 e. The summed E-state index contributed by atoms with van der Waals surface area (Å²) in [6, 6.07) is 8.96. The second-order valence-corrected chi connectivity index (χ2v) is 10.5. The Morgan fingerprint density at radius 2 is 1.62 bits per heavy atom. The number of nitrogens with zero attached hydrogens (tertiary/aromatic N) is 2. The minimum Gasteiger partial charge on any atom is -0.406 e. The number of amides is 2. The lowest BCUT2D eigenvalue weighted by Crippen LogP contribution is -2.46. The highest BCUT2D eigenvalue weighted by molar-refractivity contribution is 7.92.